The van der Waals surface area contributed by atoms with Crippen LogP contribution in [0.4, 0.5) is 23.8 Å². The Kier molecular flexibility index (Phi) is 8.27. The van der Waals surface area contributed by atoms with Crippen LogP contribution in [0.3, 0.4) is 0 Å². The highest BCUT2D eigenvalue weighted by Gasteiger charge is 2.34. The van der Waals surface area contributed by atoms with Gasteiger partial charge in [0.2, 0.25) is 5.43 Å². The minimum Gasteiger partial charge on any atom is -0.477 e. The quantitative estimate of drug-likeness (QED) is 0.233. The highest BCUT2D eigenvalue weighted by Crippen LogP contribution is 2.39. The number of nitrogens with zero attached hydrogens (tertiary/aromatic N) is 3. The zero-order valence-corrected chi connectivity index (χ0v) is 23.2. The van der Waals surface area contributed by atoms with E-state index >= 15 is 0 Å². The normalized spacial score (nSPS) is 15.5. The van der Waals surface area contributed by atoms with Crippen LogP contribution < -0.4 is 21.4 Å². The number of aromatic nitrogens is 3. The van der Waals surface area contributed by atoms with E-state index in [1.165, 1.54) is 24.5 Å². The van der Waals surface area contributed by atoms with Gasteiger partial charge in [-0.25, -0.2) is 19.6 Å². The molecule has 0 radical (unpaired) electrons. The molecule has 42 heavy (non-hydrogen) atoms. The van der Waals surface area contributed by atoms with Gasteiger partial charge in [0.25, 0.3) is 0 Å². The molecule has 0 bridgehead atoms. The molecule has 1 aliphatic heterocycles. The summed E-state index contributed by atoms with van der Waals surface area (Å²) in [5.74, 6) is -1.02. The van der Waals surface area contributed by atoms with E-state index < -0.39 is 29.3 Å². The van der Waals surface area contributed by atoms with Crippen molar-refractivity contribution in [3.63, 3.8) is 0 Å². The maximum atomic E-state index is 13.4. The van der Waals surface area contributed by atoms with Crippen molar-refractivity contribution in [2.75, 3.05) is 25.0 Å². The summed E-state index contributed by atoms with van der Waals surface area (Å²) in [5.41, 5.74) is -0.550. The molecular formula is C28H27F3N6O4S. The Bertz CT molecular complexity index is 1710. The van der Waals surface area contributed by atoms with Crippen LogP contribution in [-0.2, 0) is 12.7 Å². The van der Waals surface area contributed by atoms with Gasteiger partial charge in [-0.15, -0.1) is 11.3 Å². The van der Waals surface area contributed by atoms with E-state index in [9.17, 15) is 32.7 Å². The van der Waals surface area contributed by atoms with Crippen LogP contribution in [0.1, 0.15) is 35.8 Å². The predicted octanol–water partition coefficient (Wildman–Crippen LogP) is 5.05. The van der Waals surface area contributed by atoms with E-state index in [1.807, 2.05) is 0 Å². The average Bonchev–Trinajstić information content (AvgIpc) is 3.46. The molecule has 0 unspecified atom stereocenters. The molecule has 4 aromatic rings. The number of hydrogen-bond donors (Lipinski definition) is 4. The number of carbonyl (C=O) groups excluding carboxylic acids is 1. The average molecular weight is 601 g/mol. The van der Waals surface area contributed by atoms with E-state index in [2.05, 4.69) is 25.9 Å². The number of alkyl halides is 3. The highest BCUT2D eigenvalue weighted by molar-refractivity contribution is 7.13. The number of carbonyl (C=O) groups is 2. The fraction of sp³-hybridized carbons (Fsp3) is 0.321. The fourth-order valence-electron chi connectivity index (χ4n) is 5.01. The maximum absolute atomic E-state index is 13.4. The number of carboxylic acid groups (broad SMARTS) is 1. The minimum atomic E-state index is -4.65. The highest BCUT2D eigenvalue weighted by atomic mass is 32.1. The maximum Gasteiger partial charge on any atom is 0.434 e. The number of amides is 2. The molecule has 4 N–H and O–H groups in total. The van der Waals surface area contributed by atoms with Gasteiger partial charge in [0.05, 0.1) is 5.52 Å². The number of carboxylic acids is 1. The summed E-state index contributed by atoms with van der Waals surface area (Å²) in [7, 11) is 0. The van der Waals surface area contributed by atoms with Gasteiger partial charge in [0, 0.05) is 47.4 Å². The molecule has 4 heterocycles. The van der Waals surface area contributed by atoms with Gasteiger partial charge in [0.15, 0.2) is 5.69 Å². The summed E-state index contributed by atoms with van der Waals surface area (Å²) >= 11 is 0.774. The minimum absolute atomic E-state index is 0.0280. The van der Waals surface area contributed by atoms with Crippen LogP contribution in [0, 0.1) is 5.92 Å². The van der Waals surface area contributed by atoms with Crippen molar-refractivity contribution >= 4 is 40.1 Å². The molecule has 220 valence electrons. The SMILES string of the molecule is CCNC(=O)Nc1cc(-c2nc(C(F)(F)F)cs2)c(-c2ccc3c(c2)c(=O)c(C(=O)O)cn3C[C@@H]2CCCNC2)cn1. The van der Waals surface area contributed by atoms with Gasteiger partial charge in [-0.05, 0) is 62.5 Å². The molecule has 1 saturated heterocycles. The number of halogens is 3. The number of benzene rings is 1. The zero-order valence-electron chi connectivity index (χ0n) is 22.4. The number of nitrogens with one attached hydrogen (secondary N) is 3. The number of urea groups is 1. The van der Waals surface area contributed by atoms with E-state index in [0.29, 0.717) is 29.7 Å². The number of fused-ring (bicyclic) bond motifs is 1. The summed E-state index contributed by atoms with van der Waals surface area (Å²) in [6.45, 7) is 4.28. The first-order valence-corrected chi connectivity index (χ1v) is 14.1. The number of thiazole rings is 1. The number of rotatable bonds is 7. The molecule has 0 aliphatic carbocycles. The van der Waals surface area contributed by atoms with Crippen LogP contribution >= 0.6 is 11.3 Å². The molecular weight excluding hydrogens is 573 g/mol. The summed E-state index contributed by atoms with van der Waals surface area (Å²) in [6.07, 6.45) is 0.0380. The van der Waals surface area contributed by atoms with E-state index in [4.69, 9.17) is 0 Å². The van der Waals surface area contributed by atoms with Crippen LogP contribution in [0.25, 0.3) is 32.6 Å². The van der Waals surface area contributed by atoms with Gasteiger partial charge < -0.3 is 20.3 Å². The van der Waals surface area contributed by atoms with E-state index in [0.717, 1.165) is 42.6 Å². The van der Waals surface area contributed by atoms with Gasteiger partial charge in [-0.2, -0.15) is 13.2 Å². The fourth-order valence-corrected chi connectivity index (χ4v) is 5.86. The largest absolute Gasteiger partial charge is 0.477 e. The second kappa shape index (κ2) is 11.9. The van der Waals surface area contributed by atoms with Crippen LogP contribution in [0.15, 0.2) is 46.8 Å². The Morgan fingerprint density at radius 2 is 2.05 bits per heavy atom. The van der Waals surface area contributed by atoms with Crippen LogP contribution in [0.5, 0.6) is 0 Å². The third-order valence-corrected chi connectivity index (χ3v) is 7.86. The van der Waals surface area contributed by atoms with Crippen molar-refractivity contribution in [2.24, 2.45) is 5.92 Å². The van der Waals surface area contributed by atoms with Crippen LogP contribution in [0.2, 0.25) is 0 Å². The lowest BCUT2D eigenvalue weighted by molar-refractivity contribution is -0.140. The number of aromatic carboxylic acids is 1. The number of anilines is 1. The van der Waals surface area contributed by atoms with Gasteiger partial charge >= 0.3 is 18.2 Å². The third-order valence-electron chi connectivity index (χ3n) is 6.98. The summed E-state index contributed by atoms with van der Waals surface area (Å²) in [6, 6.07) is 5.79. The van der Waals surface area contributed by atoms with E-state index in [-0.39, 0.29) is 33.3 Å². The molecule has 1 fully saturated rings. The van der Waals surface area contributed by atoms with Crippen molar-refractivity contribution in [3.8, 4) is 21.7 Å². The lowest BCUT2D eigenvalue weighted by Gasteiger charge is -2.25. The van der Waals surface area contributed by atoms with Crippen molar-refractivity contribution in [3.05, 3.63) is 63.5 Å². The van der Waals surface area contributed by atoms with Crippen molar-refractivity contribution < 1.29 is 27.9 Å². The zero-order chi connectivity index (χ0) is 30.0. The molecule has 14 heteroatoms. The molecule has 1 atom stereocenters. The molecule has 1 aliphatic rings. The number of piperidine rings is 1. The predicted molar refractivity (Wildman–Crippen MR) is 153 cm³/mol. The van der Waals surface area contributed by atoms with Crippen molar-refractivity contribution in [1.82, 2.24) is 25.2 Å². The van der Waals surface area contributed by atoms with Gasteiger partial charge in [0.1, 0.15) is 16.4 Å². The number of pyridine rings is 2. The topological polar surface area (TPSA) is 138 Å². The van der Waals surface area contributed by atoms with Crippen LogP contribution in [-0.4, -0.2) is 51.3 Å². The molecule has 0 saturated carbocycles. The Hall–Kier alpha value is -4.30. The second-order valence-electron chi connectivity index (χ2n) is 9.91. The van der Waals surface area contributed by atoms with Crippen molar-refractivity contribution in [2.45, 2.75) is 32.5 Å². The van der Waals surface area contributed by atoms with Gasteiger partial charge in [-0.1, -0.05) is 6.07 Å². The Morgan fingerprint density at radius 3 is 2.71 bits per heavy atom. The van der Waals surface area contributed by atoms with Gasteiger partial charge in [-0.3, -0.25) is 10.1 Å². The molecule has 5 rings (SSSR count). The first-order valence-electron chi connectivity index (χ1n) is 13.2. The first kappa shape index (κ1) is 29.2. The smallest absolute Gasteiger partial charge is 0.434 e. The lowest BCUT2D eigenvalue weighted by atomic mass is 9.97. The second-order valence-corrected chi connectivity index (χ2v) is 10.8. The number of hydrogen-bond acceptors (Lipinski definition) is 7. The molecule has 1 aromatic carbocycles. The Morgan fingerprint density at radius 1 is 1.24 bits per heavy atom. The lowest BCUT2D eigenvalue weighted by Crippen LogP contribution is -2.32. The summed E-state index contributed by atoms with van der Waals surface area (Å²) in [5, 5.41) is 19.3. The standard InChI is InChI=1S/C28H27F3N6O4S/c1-2-33-27(41)36-23-9-17(25-35-22(14-42-25)28(29,30)31)19(11-34-23)16-5-6-21-18(8-16)24(38)20(26(39)40)13-37(21)12-15-4-3-7-32-10-15/h5-6,8-9,11,13-15,32H,2-4,7,10,12H2,1H3,(H,39,40)(H2,33,34,36,41)/t15-/m1/s1. The Balaban J connectivity index is 1.65. The van der Waals surface area contributed by atoms with Crippen molar-refractivity contribution in [1.29, 1.82) is 0 Å². The molecule has 10 nitrogen and oxygen atoms in total. The molecule has 2 amide bonds. The molecule has 3 aromatic heterocycles. The third kappa shape index (κ3) is 6.14. The van der Waals surface area contributed by atoms with E-state index in [1.54, 1.807) is 23.6 Å². The molecule has 0 spiro atoms. The monoisotopic (exact) mass is 600 g/mol. The Labute approximate surface area is 241 Å². The summed E-state index contributed by atoms with van der Waals surface area (Å²) in [4.78, 5) is 45.4. The summed E-state index contributed by atoms with van der Waals surface area (Å²) < 4.78 is 41.9. The first-order chi connectivity index (χ1) is 20.0.